The van der Waals surface area contributed by atoms with E-state index in [0.717, 1.165) is 11.3 Å². The molecule has 1 aromatic heterocycles. The molecule has 0 aliphatic heterocycles. The minimum Gasteiger partial charge on any atom is -0.409 e. The summed E-state index contributed by atoms with van der Waals surface area (Å²) in [6, 6.07) is 0. The van der Waals surface area contributed by atoms with E-state index in [1.165, 1.54) is 0 Å². The Kier molecular flexibility index (Phi) is 4.85. The van der Waals surface area contributed by atoms with Crippen LogP contribution in [0.25, 0.3) is 0 Å². The zero-order valence-electron chi connectivity index (χ0n) is 11.1. The van der Waals surface area contributed by atoms with Gasteiger partial charge in [-0.05, 0) is 19.4 Å². The normalized spacial score (nSPS) is 11.7. The van der Waals surface area contributed by atoms with Crippen LogP contribution in [0, 0.1) is 13.8 Å². The molecule has 0 atom stereocenters. The van der Waals surface area contributed by atoms with E-state index in [1.807, 2.05) is 25.8 Å². The van der Waals surface area contributed by atoms with E-state index in [-0.39, 0.29) is 5.84 Å². The largest absolute Gasteiger partial charge is 0.409 e. The summed E-state index contributed by atoms with van der Waals surface area (Å²) >= 11 is 0. The molecule has 0 radical (unpaired) electrons. The topological polar surface area (TPSA) is 96.9 Å². The highest BCUT2D eigenvalue weighted by molar-refractivity contribution is 6.02. The molecule has 0 aliphatic carbocycles. The number of hydrogen-bond donors (Lipinski definition) is 2. The van der Waals surface area contributed by atoms with Crippen LogP contribution in [-0.4, -0.2) is 48.5 Å². The van der Waals surface area contributed by atoms with Crippen LogP contribution >= 0.6 is 0 Å². The van der Waals surface area contributed by atoms with Crippen molar-refractivity contribution in [2.24, 2.45) is 10.9 Å². The van der Waals surface area contributed by atoms with Crippen molar-refractivity contribution in [2.45, 2.75) is 13.8 Å². The third-order valence-corrected chi connectivity index (χ3v) is 2.79. The average Bonchev–Trinajstić information content (AvgIpc) is 2.38. The fourth-order valence-electron chi connectivity index (χ4n) is 1.55. The summed E-state index contributed by atoms with van der Waals surface area (Å²) in [5.74, 6) is 0.607. The van der Waals surface area contributed by atoms with Crippen LogP contribution in [0.1, 0.15) is 16.8 Å². The summed E-state index contributed by atoms with van der Waals surface area (Å²) in [7, 11) is 3.48. The maximum Gasteiger partial charge on any atom is 0.174 e. The second kappa shape index (κ2) is 6.15. The first-order chi connectivity index (χ1) is 8.52. The lowest BCUT2D eigenvalue weighted by atomic mass is 10.1. The van der Waals surface area contributed by atoms with Crippen LogP contribution in [0.2, 0.25) is 0 Å². The monoisotopic (exact) mass is 253 g/mol. The van der Waals surface area contributed by atoms with Gasteiger partial charge < -0.3 is 20.6 Å². The number of aromatic nitrogens is 2. The van der Waals surface area contributed by atoms with Crippen molar-refractivity contribution in [1.29, 1.82) is 0 Å². The molecule has 7 heteroatoms. The van der Waals surface area contributed by atoms with Crippen molar-refractivity contribution in [1.82, 2.24) is 10.2 Å². The molecule has 0 bridgehead atoms. The molecule has 0 aromatic carbocycles. The summed E-state index contributed by atoms with van der Waals surface area (Å²) < 4.78 is 5.01. The van der Waals surface area contributed by atoms with Crippen LogP contribution in [0.5, 0.6) is 0 Å². The molecule has 1 aromatic rings. The van der Waals surface area contributed by atoms with Crippen LogP contribution in [0.15, 0.2) is 5.16 Å². The van der Waals surface area contributed by atoms with Gasteiger partial charge in [0.25, 0.3) is 0 Å². The lowest BCUT2D eigenvalue weighted by molar-refractivity contribution is 0.206. The van der Waals surface area contributed by atoms with Crippen LogP contribution < -0.4 is 10.6 Å². The Bertz CT molecular complexity index is 447. The average molecular weight is 253 g/mol. The van der Waals surface area contributed by atoms with Crippen LogP contribution in [0.3, 0.4) is 0 Å². The lowest BCUT2D eigenvalue weighted by Crippen LogP contribution is -2.28. The SMILES string of the molecule is COCCN(C)c1nnc(C)c(C)c1/C(N)=N/O. The number of oxime groups is 1. The Morgan fingerprint density at radius 2 is 2.11 bits per heavy atom. The second-order valence-corrected chi connectivity index (χ2v) is 4.01. The number of rotatable bonds is 5. The molecule has 0 unspecified atom stereocenters. The molecule has 7 nitrogen and oxygen atoms in total. The molecule has 1 rings (SSSR count). The third-order valence-electron chi connectivity index (χ3n) is 2.79. The van der Waals surface area contributed by atoms with E-state index in [4.69, 9.17) is 15.7 Å². The van der Waals surface area contributed by atoms with Crippen molar-refractivity contribution < 1.29 is 9.94 Å². The summed E-state index contributed by atoms with van der Waals surface area (Å²) in [5, 5.41) is 20.1. The Labute approximate surface area is 106 Å². The maximum atomic E-state index is 8.86. The minimum absolute atomic E-state index is 0.0322. The number of methoxy groups -OCH3 is 1. The van der Waals surface area contributed by atoms with Gasteiger partial charge in [-0.2, -0.15) is 5.10 Å². The van der Waals surface area contributed by atoms with Gasteiger partial charge in [-0.25, -0.2) is 0 Å². The van der Waals surface area contributed by atoms with E-state index in [2.05, 4.69) is 15.4 Å². The third kappa shape index (κ3) is 2.86. The van der Waals surface area contributed by atoms with Crippen molar-refractivity contribution in [2.75, 3.05) is 32.2 Å². The molecular weight excluding hydrogens is 234 g/mol. The Hall–Kier alpha value is -1.89. The number of aryl methyl sites for hydroxylation is 1. The zero-order chi connectivity index (χ0) is 13.7. The highest BCUT2D eigenvalue weighted by atomic mass is 16.5. The summed E-state index contributed by atoms with van der Waals surface area (Å²) in [4.78, 5) is 1.86. The first-order valence-corrected chi connectivity index (χ1v) is 5.54. The van der Waals surface area contributed by atoms with E-state index in [1.54, 1.807) is 7.11 Å². The van der Waals surface area contributed by atoms with Gasteiger partial charge in [0, 0.05) is 20.7 Å². The van der Waals surface area contributed by atoms with E-state index >= 15 is 0 Å². The smallest absolute Gasteiger partial charge is 0.174 e. The van der Waals surface area contributed by atoms with Gasteiger partial charge in [0.05, 0.1) is 17.9 Å². The fraction of sp³-hybridized carbons (Fsp3) is 0.545. The van der Waals surface area contributed by atoms with E-state index in [9.17, 15) is 0 Å². The van der Waals surface area contributed by atoms with Gasteiger partial charge >= 0.3 is 0 Å². The highest BCUT2D eigenvalue weighted by Crippen LogP contribution is 2.20. The van der Waals surface area contributed by atoms with E-state index in [0.29, 0.717) is 24.5 Å². The Morgan fingerprint density at radius 3 is 2.67 bits per heavy atom. The second-order valence-electron chi connectivity index (χ2n) is 4.01. The molecule has 0 spiro atoms. The van der Waals surface area contributed by atoms with Crippen LogP contribution in [0.4, 0.5) is 5.82 Å². The zero-order valence-corrected chi connectivity index (χ0v) is 11.1. The Balaban J connectivity index is 3.22. The quantitative estimate of drug-likeness (QED) is 0.338. The number of anilines is 1. The first kappa shape index (κ1) is 14.2. The van der Waals surface area contributed by atoms with Gasteiger partial charge in [0.2, 0.25) is 0 Å². The number of hydrogen-bond acceptors (Lipinski definition) is 6. The molecule has 0 fully saturated rings. The van der Waals surface area contributed by atoms with Gasteiger partial charge in [-0.3, -0.25) is 0 Å². The predicted octanol–water partition coefficient (Wildman–Crippen LogP) is 0.271. The lowest BCUT2D eigenvalue weighted by Gasteiger charge is -2.21. The fourth-order valence-corrected chi connectivity index (χ4v) is 1.55. The van der Waals surface area contributed by atoms with Gasteiger partial charge in [-0.1, -0.05) is 5.16 Å². The van der Waals surface area contributed by atoms with Gasteiger partial charge in [-0.15, -0.1) is 5.10 Å². The molecule has 0 amide bonds. The van der Waals surface area contributed by atoms with Crippen molar-refractivity contribution in [3.05, 3.63) is 16.8 Å². The molecule has 0 saturated carbocycles. The summed E-state index contributed by atoms with van der Waals surface area (Å²) in [5.41, 5.74) is 7.90. The minimum atomic E-state index is 0.0322. The number of nitrogens with two attached hydrogens (primary N) is 1. The molecule has 3 N–H and O–H groups in total. The van der Waals surface area contributed by atoms with E-state index < -0.39 is 0 Å². The highest BCUT2D eigenvalue weighted by Gasteiger charge is 2.18. The molecule has 18 heavy (non-hydrogen) atoms. The standard InChI is InChI=1S/C11H19N5O2/c1-7-8(2)13-14-11(9(7)10(12)15-17)16(3)5-6-18-4/h17H,5-6H2,1-4H3,(H2,12,15). The summed E-state index contributed by atoms with van der Waals surface area (Å²) in [6.45, 7) is 4.89. The maximum absolute atomic E-state index is 8.86. The molecule has 0 aliphatic rings. The van der Waals surface area contributed by atoms with Crippen molar-refractivity contribution >= 4 is 11.7 Å². The summed E-state index contributed by atoms with van der Waals surface area (Å²) in [6.07, 6.45) is 0. The van der Waals surface area contributed by atoms with Gasteiger partial charge in [0.15, 0.2) is 11.7 Å². The van der Waals surface area contributed by atoms with Crippen molar-refractivity contribution in [3.8, 4) is 0 Å². The number of amidine groups is 1. The van der Waals surface area contributed by atoms with Crippen LogP contribution in [-0.2, 0) is 4.74 Å². The predicted molar refractivity (Wildman–Crippen MR) is 69.2 cm³/mol. The molecular formula is C11H19N5O2. The Morgan fingerprint density at radius 1 is 1.44 bits per heavy atom. The number of nitrogens with zero attached hydrogens (tertiary/aromatic N) is 4. The van der Waals surface area contributed by atoms with Crippen molar-refractivity contribution in [3.63, 3.8) is 0 Å². The number of likely N-dealkylation sites (N-methyl/N-ethyl adjacent to an activating group) is 1. The molecule has 100 valence electrons. The molecule has 1 heterocycles. The van der Waals surface area contributed by atoms with Gasteiger partial charge in [0.1, 0.15) is 0 Å². The number of ether oxygens (including phenoxy) is 1. The first-order valence-electron chi connectivity index (χ1n) is 5.54. The molecule has 0 saturated heterocycles.